The normalized spacial score (nSPS) is 12.1. The first-order valence-corrected chi connectivity index (χ1v) is 6.34. The lowest BCUT2D eigenvalue weighted by atomic mass is 10.1. The second kappa shape index (κ2) is 7.07. The Morgan fingerprint density at radius 1 is 1.61 bits per heavy atom. The lowest BCUT2D eigenvalue weighted by Gasteiger charge is -2.08. The molecule has 0 saturated heterocycles. The third-order valence-corrected chi connectivity index (χ3v) is 3.01. The van der Waals surface area contributed by atoms with Crippen LogP contribution in [0.25, 0.3) is 0 Å². The van der Waals surface area contributed by atoms with E-state index in [-0.39, 0.29) is 18.2 Å². The molecule has 1 aromatic heterocycles. The lowest BCUT2D eigenvalue weighted by Crippen LogP contribution is -2.29. The molecule has 1 unspecified atom stereocenters. The van der Waals surface area contributed by atoms with Crippen molar-refractivity contribution >= 4 is 23.2 Å². The van der Waals surface area contributed by atoms with Crippen molar-refractivity contribution in [1.29, 1.82) is 0 Å². The number of carbonyl (C=O) groups is 2. The van der Waals surface area contributed by atoms with Gasteiger partial charge in [0.05, 0.1) is 6.61 Å². The molecule has 1 heterocycles. The molecule has 0 aliphatic carbocycles. The van der Waals surface area contributed by atoms with Crippen molar-refractivity contribution in [2.24, 2.45) is 5.92 Å². The van der Waals surface area contributed by atoms with Crippen LogP contribution in [-0.2, 0) is 16.1 Å². The maximum atomic E-state index is 11.7. The molecule has 0 aliphatic heterocycles. The van der Waals surface area contributed by atoms with Crippen molar-refractivity contribution in [3.8, 4) is 0 Å². The third-order valence-electron chi connectivity index (χ3n) is 2.19. The molecule has 0 spiro atoms. The van der Waals surface area contributed by atoms with Crippen LogP contribution in [0.15, 0.2) is 5.38 Å². The first kappa shape index (κ1) is 14.6. The average Bonchev–Trinajstić information content (AvgIpc) is 2.74. The van der Waals surface area contributed by atoms with Gasteiger partial charge in [-0.15, -0.1) is 11.3 Å². The zero-order chi connectivity index (χ0) is 13.5. The first-order valence-electron chi connectivity index (χ1n) is 5.46. The Hall–Kier alpha value is -1.47. The Morgan fingerprint density at radius 3 is 2.94 bits per heavy atom. The minimum Gasteiger partial charge on any atom is -0.481 e. The van der Waals surface area contributed by atoms with Gasteiger partial charge in [-0.3, -0.25) is 9.59 Å². The largest absolute Gasteiger partial charge is 0.481 e. The van der Waals surface area contributed by atoms with E-state index in [0.717, 1.165) is 5.01 Å². The van der Waals surface area contributed by atoms with Crippen LogP contribution in [0.3, 0.4) is 0 Å². The molecule has 0 saturated carbocycles. The predicted molar refractivity (Wildman–Crippen MR) is 66.6 cm³/mol. The molecule has 100 valence electrons. The van der Waals surface area contributed by atoms with Crippen molar-refractivity contribution in [2.45, 2.75) is 20.0 Å². The first-order chi connectivity index (χ1) is 8.52. The number of carboxylic acid groups (broad SMARTS) is 1. The fourth-order valence-electron chi connectivity index (χ4n) is 1.33. The number of aliphatic carboxylic acids is 1. The van der Waals surface area contributed by atoms with Gasteiger partial charge in [-0.2, -0.15) is 0 Å². The summed E-state index contributed by atoms with van der Waals surface area (Å²) < 4.78 is 4.91. The number of nitrogens with one attached hydrogen (secondary N) is 1. The summed E-state index contributed by atoms with van der Waals surface area (Å²) in [6, 6.07) is 0. The number of hydrogen-bond acceptors (Lipinski definition) is 5. The number of rotatable bonds is 7. The number of thiazole rings is 1. The number of methoxy groups -OCH3 is 1. The van der Waals surface area contributed by atoms with Crippen LogP contribution < -0.4 is 5.32 Å². The van der Waals surface area contributed by atoms with Crippen LogP contribution in [-0.4, -0.2) is 35.6 Å². The van der Waals surface area contributed by atoms with Crippen LogP contribution in [0.4, 0.5) is 0 Å². The monoisotopic (exact) mass is 272 g/mol. The molecule has 2 N–H and O–H groups in total. The standard InChI is InChI=1S/C11H16N2O4S/c1-7(3-10(14)15)4-12-11(16)8-6-18-9(13-8)5-17-2/h6-7H,3-5H2,1-2H3,(H,12,16)(H,14,15). The summed E-state index contributed by atoms with van der Waals surface area (Å²) in [5.74, 6) is -1.26. The number of ether oxygens (including phenoxy) is 1. The highest BCUT2D eigenvalue weighted by Gasteiger charge is 2.13. The molecule has 1 amide bonds. The van der Waals surface area contributed by atoms with E-state index >= 15 is 0 Å². The van der Waals surface area contributed by atoms with Gasteiger partial charge >= 0.3 is 5.97 Å². The highest BCUT2D eigenvalue weighted by molar-refractivity contribution is 7.09. The third kappa shape index (κ3) is 4.80. The highest BCUT2D eigenvalue weighted by atomic mass is 32.1. The van der Waals surface area contributed by atoms with E-state index in [0.29, 0.717) is 18.8 Å². The maximum Gasteiger partial charge on any atom is 0.303 e. The topological polar surface area (TPSA) is 88.5 Å². The van der Waals surface area contributed by atoms with Crippen LogP contribution in [0, 0.1) is 5.92 Å². The van der Waals surface area contributed by atoms with Crippen molar-refractivity contribution in [3.63, 3.8) is 0 Å². The highest BCUT2D eigenvalue weighted by Crippen LogP contribution is 2.10. The molecule has 7 heteroatoms. The summed E-state index contributed by atoms with van der Waals surface area (Å²) >= 11 is 1.36. The molecule has 0 aromatic carbocycles. The van der Waals surface area contributed by atoms with Gasteiger partial charge < -0.3 is 15.2 Å². The fourth-order valence-corrected chi connectivity index (χ4v) is 2.08. The molecule has 6 nitrogen and oxygen atoms in total. The summed E-state index contributed by atoms with van der Waals surface area (Å²) in [6.07, 6.45) is 0.0340. The minimum atomic E-state index is -0.868. The Labute approximate surface area is 109 Å². The van der Waals surface area contributed by atoms with Crippen molar-refractivity contribution in [2.75, 3.05) is 13.7 Å². The zero-order valence-electron chi connectivity index (χ0n) is 10.3. The Bertz CT molecular complexity index is 419. The van der Waals surface area contributed by atoms with Crippen LogP contribution in [0.1, 0.15) is 28.8 Å². The number of carboxylic acids is 1. The molecular weight excluding hydrogens is 256 g/mol. The van der Waals surface area contributed by atoms with E-state index in [1.165, 1.54) is 11.3 Å². The van der Waals surface area contributed by atoms with Crippen LogP contribution in [0.2, 0.25) is 0 Å². The quantitative estimate of drug-likeness (QED) is 0.776. The summed E-state index contributed by atoms with van der Waals surface area (Å²) in [6.45, 7) is 2.47. The Balaban J connectivity index is 2.42. The average molecular weight is 272 g/mol. The van der Waals surface area contributed by atoms with Gasteiger partial charge in [-0.25, -0.2) is 4.98 Å². The lowest BCUT2D eigenvalue weighted by molar-refractivity contribution is -0.137. The molecule has 1 atom stereocenters. The Morgan fingerprint density at radius 2 is 2.33 bits per heavy atom. The summed E-state index contributed by atoms with van der Waals surface area (Å²) in [5, 5.41) is 13.6. The zero-order valence-corrected chi connectivity index (χ0v) is 11.1. The molecule has 0 radical (unpaired) electrons. The summed E-state index contributed by atoms with van der Waals surface area (Å²) in [4.78, 5) is 26.3. The van der Waals surface area contributed by atoms with E-state index in [4.69, 9.17) is 9.84 Å². The van der Waals surface area contributed by atoms with Crippen LogP contribution >= 0.6 is 11.3 Å². The van der Waals surface area contributed by atoms with Gasteiger partial charge in [-0.1, -0.05) is 6.92 Å². The van der Waals surface area contributed by atoms with Gasteiger partial charge in [0.1, 0.15) is 10.7 Å². The second-order valence-electron chi connectivity index (χ2n) is 3.97. The molecular formula is C11H16N2O4S. The minimum absolute atomic E-state index is 0.0340. The molecule has 1 rings (SSSR count). The Kier molecular flexibility index (Phi) is 5.73. The van der Waals surface area contributed by atoms with E-state index in [1.54, 1.807) is 19.4 Å². The number of carbonyl (C=O) groups excluding carboxylic acids is 1. The van der Waals surface area contributed by atoms with Gasteiger partial charge in [0.15, 0.2) is 0 Å². The SMILES string of the molecule is COCc1nc(C(=O)NCC(C)CC(=O)O)cs1. The van der Waals surface area contributed by atoms with Gasteiger partial charge in [0.25, 0.3) is 5.91 Å². The number of amides is 1. The second-order valence-corrected chi connectivity index (χ2v) is 4.92. The predicted octanol–water partition coefficient (Wildman–Crippen LogP) is 1.13. The van der Waals surface area contributed by atoms with Crippen molar-refractivity contribution < 1.29 is 19.4 Å². The number of hydrogen-bond donors (Lipinski definition) is 2. The van der Waals surface area contributed by atoms with Crippen LogP contribution in [0.5, 0.6) is 0 Å². The smallest absolute Gasteiger partial charge is 0.303 e. The van der Waals surface area contributed by atoms with Gasteiger partial charge in [0, 0.05) is 25.5 Å². The number of aromatic nitrogens is 1. The fraction of sp³-hybridized carbons (Fsp3) is 0.545. The summed E-state index contributed by atoms with van der Waals surface area (Å²) in [5.41, 5.74) is 0.342. The molecule has 0 bridgehead atoms. The maximum absolute atomic E-state index is 11.7. The summed E-state index contributed by atoms with van der Waals surface area (Å²) in [7, 11) is 1.56. The molecule has 0 aliphatic rings. The van der Waals surface area contributed by atoms with Gasteiger partial charge in [-0.05, 0) is 5.92 Å². The molecule has 18 heavy (non-hydrogen) atoms. The van der Waals surface area contributed by atoms with E-state index in [1.807, 2.05) is 0 Å². The number of nitrogens with zero attached hydrogens (tertiary/aromatic N) is 1. The molecule has 1 aromatic rings. The van der Waals surface area contributed by atoms with Gasteiger partial charge in [0.2, 0.25) is 0 Å². The molecule has 0 fully saturated rings. The van der Waals surface area contributed by atoms with Crippen molar-refractivity contribution in [3.05, 3.63) is 16.1 Å². The van der Waals surface area contributed by atoms with Crippen molar-refractivity contribution in [1.82, 2.24) is 10.3 Å². The van der Waals surface area contributed by atoms with E-state index in [2.05, 4.69) is 10.3 Å². The van der Waals surface area contributed by atoms with E-state index < -0.39 is 5.97 Å². The van der Waals surface area contributed by atoms with E-state index in [9.17, 15) is 9.59 Å².